The van der Waals surface area contributed by atoms with E-state index in [-0.39, 0.29) is 12.4 Å². The second kappa shape index (κ2) is 5.22. The van der Waals surface area contributed by atoms with Crippen LogP contribution in [0, 0.1) is 12.7 Å². The van der Waals surface area contributed by atoms with Crippen molar-refractivity contribution in [2.75, 3.05) is 13.1 Å². The first-order chi connectivity index (χ1) is 8.97. The average Bonchev–Trinajstić information content (AvgIpc) is 2.35. The number of aliphatic carboxylic acids is 1. The zero-order valence-corrected chi connectivity index (χ0v) is 10.9. The van der Waals surface area contributed by atoms with Gasteiger partial charge in [-0.2, -0.15) is 0 Å². The van der Waals surface area contributed by atoms with Crippen molar-refractivity contribution < 1.29 is 14.3 Å². The predicted octanol–water partition coefficient (Wildman–Crippen LogP) is 2.29. The highest BCUT2D eigenvalue weighted by molar-refractivity contribution is 5.90. The van der Waals surface area contributed by atoms with E-state index >= 15 is 0 Å². The molecule has 0 aliphatic carbocycles. The SMILES string of the molecule is CC1=NC(c2ccc(F)c(C)c2)=CCN1CC(=O)O. The van der Waals surface area contributed by atoms with E-state index < -0.39 is 5.97 Å². The van der Waals surface area contributed by atoms with Crippen LogP contribution in [0.25, 0.3) is 5.70 Å². The third kappa shape index (κ3) is 2.99. The normalized spacial score (nSPS) is 15.0. The van der Waals surface area contributed by atoms with Gasteiger partial charge in [-0.05, 0) is 43.7 Å². The van der Waals surface area contributed by atoms with Crippen molar-refractivity contribution in [3.63, 3.8) is 0 Å². The van der Waals surface area contributed by atoms with Crippen molar-refractivity contribution in [2.24, 2.45) is 4.99 Å². The third-order valence-electron chi connectivity index (χ3n) is 3.02. The Morgan fingerprint density at radius 1 is 1.47 bits per heavy atom. The number of halogens is 1. The lowest BCUT2D eigenvalue weighted by Crippen LogP contribution is -2.35. The predicted molar refractivity (Wildman–Crippen MR) is 71.4 cm³/mol. The van der Waals surface area contributed by atoms with E-state index in [1.807, 2.05) is 6.08 Å². The molecule has 1 aromatic rings. The van der Waals surface area contributed by atoms with Gasteiger partial charge in [-0.15, -0.1) is 0 Å². The van der Waals surface area contributed by atoms with Crippen molar-refractivity contribution in [1.29, 1.82) is 0 Å². The molecule has 1 heterocycles. The first-order valence-corrected chi connectivity index (χ1v) is 5.96. The fraction of sp³-hybridized carbons (Fsp3) is 0.286. The Morgan fingerprint density at radius 2 is 2.21 bits per heavy atom. The number of carboxylic acid groups (broad SMARTS) is 1. The van der Waals surface area contributed by atoms with Gasteiger partial charge in [-0.1, -0.05) is 0 Å². The van der Waals surface area contributed by atoms with Crippen molar-refractivity contribution in [3.8, 4) is 0 Å². The molecule has 1 N–H and O–H groups in total. The fourth-order valence-corrected chi connectivity index (χ4v) is 1.95. The van der Waals surface area contributed by atoms with Crippen molar-refractivity contribution in [1.82, 2.24) is 4.90 Å². The number of aliphatic imine (C=N–C) groups is 1. The standard InChI is InChI=1S/C14H15FN2O2/c1-9-7-11(3-4-12(9)15)13-5-6-17(8-14(18)19)10(2)16-13/h3-5,7H,6,8H2,1-2H3,(H,18,19). The van der Waals surface area contributed by atoms with Gasteiger partial charge in [0.2, 0.25) is 0 Å². The van der Waals surface area contributed by atoms with E-state index in [4.69, 9.17) is 5.11 Å². The molecule has 19 heavy (non-hydrogen) atoms. The number of carboxylic acids is 1. The Labute approximate surface area is 110 Å². The summed E-state index contributed by atoms with van der Waals surface area (Å²) in [6.07, 6.45) is 1.85. The van der Waals surface area contributed by atoms with E-state index in [1.165, 1.54) is 6.07 Å². The number of hydrogen-bond acceptors (Lipinski definition) is 3. The van der Waals surface area contributed by atoms with Gasteiger partial charge in [-0.3, -0.25) is 4.79 Å². The molecule has 0 unspecified atom stereocenters. The molecule has 0 saturated carbocycles. The maximum atomic E-state index is 13.2. The van der Waals surface area contributed by atoms with Gasteiger partial charge in [0.05, 0.1) is 5.70 Å². The van der Waals surface area contributed by atoms with Gasteiger partial charge in [0.15, 0.2) is 0 Å². The van der Waals surface area contributed by atoms with E-state index in [0.29, 0.717) is 17.9 Å². The smallest absolute Gasteiger partial charge is 0.323 e. The molecule has 0 fully saturated rings. The zero-order chi connectivity index (χ0) is 14.0. The minimum Gasteiger partial charge on any atom is -0.480 e. The number of benzene rings is 1. The quantitative estimate of drug-likeness (QED) is 0.909. The molecule has 0 saturated heterocycles. The van der Waals surface area contributed by atoms with Crippen LogP contribution in [0.3, 0.4) is 0 Å². The molecule has 100 valence electrons. The van der Waals surface area contributed by atoms with Crippen LogP contribution in [-0.4, -0.2) is 34.9 Å². The summed E-state index contributed by atoms with van der Waals surface area (Å²) in [6.45, 7) is 3.90. The van der Waals surface area contributed by atoms with Crippen LogP contribution in [-0.2, 0) is 4.79 Å². The second-order valence-electron chi connectivity index (χ2n) is 4.49. The molecular weight excluding hydrogens is 247 g/mol. The zero-order valence-electron chi connectivity index (χ0n) is 10.9. The van der Waals surface area contributed by atoms with Gasteiger partial charge < -0.3 is 10.0 Å². The van der Waals surface area contributed by atoms with E-state index in [9.17, 15) is 9.18 Å². The van der Waals surface area contributed by atoms with Crippen LogP contribution in [0.4, 0.5) is 4.39 Å². The summed E-state index contributed by atoms with van der Waals surface area (Å²) in [5, 5.41) is 8.77. The molecule has 0 amide bonds. The lowest BCUT2D eigenvalue weighted by atomic mass is 10.1. The van der Waals surface area contributed by atoms with Crippen LogP contribution in [0.15, 0.2) is 29.3 Å². The molecule has 4 nitrogen and oxygen atoms in total. The summed E-state index contributed by atoms with van der Waals surface area (Å²) in [4.78, 5) is 16.7. The molecule has 1 aromatic carbocycles. The number of aryl methyl sites for hydroxylation is 1. The van der Waals surface area contributed by atoms with Gasteiger partial charge in [0.25, 0.3) is 0 Å². The summed E-state index contributed by atoms with van der Waals surface area (Å²) in [7, 11) is 0. The van der Waals surface area contributed by atoms with Gasteiger partial charge >= 0.3 is 5.97 Å². The first kappa shape index (κ1) is 13.3. The summed E-state index contributed by atoms with van der Waals surface area (Å²) in [5.41, 5.74) is 2.16. The average molecular weight is 262 g/mol. The van der Waals surface area contributed by atoms with Crippen LogP contribution >= 0.6 is 0 Å². The molecule has 2 rings (SSSR count). The molecular formula is C14H15FN2O2. The number of amidine groups is 1. The Hall–Kier alpha value is -2.17. The van der Waals surface area contributed by atoms with Crippen LogP contribution < -0.4 is 0 Å². The van der Waals surface area contributed by atoms with Crippen molar-refractivity contribution in [2.45, 2.75) is 13.8 Å². The molecule has 0 atom stereocenters. The van der Waals surface area contributed by atoms with Gasteiger partial charge in [0, 0.05) is 12.1 Å². The van der Waals surface area contributed by atoms with E-state index in [1.54, 1.807) is 30.9 Å². The molecule has 0 aromatic heterocycles. The van der Waals surface area contributed by atoms with Gasteiger partial charge in [0.1, 0.15) is 18.2 Å². The highest BCUT2D eigenvalue weighted by Gasteiger charge is 2.16. The Kier molecular flexibility index (Phi) is 3.64. The highest BCUT2D eigenvalue weighted by Crippen LogP contribution is 2.22. The fourth-order valence-electron chi connectivity index (χ4n) is 1.95. The number of carbonyl (C=O) groups is 1. The number of hydrogen-bond donors (Lipinski definition) is 1. The van der Waals surface area contributed by atoms with Crippen molar-refractivity contribution in [3.05, 3.63) is 41.2 Å². The Balaban J connectivity index is 2.22. The summed E-state index contributed by atoms with van der Waals surface area (Å²) >= 11 is 0. The molecule has 1 aliphatic rings. The first-order valence-electron chi connectivity index (χ1n) is 5.96. The van der Waals surface area contributed by atoms with E-state index in [2.05, 4.69) is 4.99 Å². The Morgan fingerprint density at radius 3 is 2.79 bits per heavy atom. The van der Waals surface area contributed by atoms with Crippen molar-refractivity contribution >= 4 is 17.5 Å². The molecule has 0 spiro atoms. The third-order valence-corrected chi connectivity index (χ3v) is 3.02. The van der Waals surface area contributed by atoms with Crippen LogP contribution in [0.1, 0.15) is 18.1 Å². The maximum absolute atomic E-state index is 13.2. The highest BCUT2D eigenvalue weighted by atomic mass is 19.1. The topological polar surface area (TPSA) is 52.9 Å². The molecule has 0 radical (unpaired) electrons. The van der Waals surface area contributed by atoms with Crippen LogP contribution in [0.5, 0.6) is 0 Å². The monoisotopic (exact) mass is 262 g/mol. The molecule has 5 heteroatoms. The van der Waals surface area contributed by atoms with E-state index in [0.717, 1.165) is 11.3 Å². The minimum absolute atomic E-state index is 0.0679. The lowest BCUT2D eigenvalue weighted by molar-refractivity contribution is -0.137. The van der Waals surface area contributed by atoms with Crippen LogP contribution in [0.2, 0.25) is 0 Å². The largest absolute Gasteiger partial charge is 0.480 e. The summed E-state index contributed by atoms with van der Waals surface area (Å²) < 4.78 is 13.2. The molecule has 0 bridgehead atoms. The lowest BCUT2D eigenvalue weighted by Gasteiger charge is -2.25. The maximum Gasteiger partial charge on any atom is 0.323 e. The second-order valence-corrected chi connectivity index (χ2v) is 4.49. The molecule has 1 aliphatic heterocycles. The number of rotatable bonds is 3. The summed E-state index contributed by atoms with van der Waals surface area (Å²) in [5.74, 6) is -0.473. The Bertz CT molecular complexity index is 579. The number of nitrogens with zero attached hydrogens (tertiary/aromatic N) is 2. The summed E-state index contributed by atoms with van der Waals surface area (Å²) in [6, 6.07) is 4.84. The van der Waals surface area contributed by atoms with Gasteiger partial charge in [-0.25, -0.2) is 9.38 Å². The minimum atomic E-state index is -0.885.